The monoisotopic (exact) mass is 398 g/mol. The Balaban J connectivity index is 1.39. The van der Waals surface area contributed by atoms with E-state index in [4.69, 9.17) is 4.52 Å². The second kappa shape index (κ2) is 7.17. The van der Waals surface area contributed by atoms with E-state index < -0.39 is 10.0 Å². The van der Waals surface area contributed by atoms with Crippen LogP contribution in [-0.4, -0.2) is 31.0 Å². The Bertz CT molecular complexity index is 1140. The molecular weight excluding hydrogens is 380 g/mol. The summed E-state index contributed by atoms with van der Waals surface area (Å²) in [5.74, 6) is 0.675. The van der Waals surface area contributed by atoms with E-state index in [9.17, 15) is 13.2 Å². The average molecular weight is 398 g/mol. The van der Waals surface area contributed by atoms with Gasteiger partial charge in [-0.3, -0.25) is 4.79 Å². The van der Waals surface area contributed by atoms with Gasteiger partial charge in [0.05, 0.1) is 11.3 Å². The maximum atomic E-state index is 12.5. The van der Waals surface area contributed by atoms with Gasteiger partial charge in [-0.15, -0.1) is 0 Å². The maximum absolute atomic E-state index is 12.5. The van der Waals surface area contributed by atoms with Gasteiger partial charge in [-0.2, -0.15) is 4.98 Å². The number of aryl methyl sites for hydroxylation is 1. The van der Waals surface area contributed by atoms with Crippen molar-refractivity contribution in [3.8, 4) is 11.4 Å². The highest BCUT2D eigenvalue weighted by atomic mass is 32.2. The van der Waals surface area contributed by atoms with Crippen LogP contribution in [0.15, 0.2) is 51.9 Å². The molecule has 0 spiro atoms. The summed E-state index contributed by atoms with van der Waals surface area (Å²) >= 11 is 0. The molecular formula is C19H18N4O4S. The van der Waals surface area contributed by atoms with E-state index in [1.54, 1.807) is 6.07 Å². The fourth-order valence-corrected chi connectivity index (χ4v) is 4.01. The average Bonchev–Trinajstić information content (AvgIpc) is 3.27. The first kappa shape index (κ1) is 18.3. The van der Waals surface area contributed by atoms with Gasteiger partial charge in [0.15, 0.2) is 0 Å². The Labute approximate surface area is 162 Å². The molecule has 1 aliphatic heterocycles. The van der Waals surface area contributed by atoms with Crippen LogP contribution in [0.4, 0.5) is 5.69 Å². The number of carbonyl (C=O) groups excluding carboxylic acids is 1. The highest BCUT2D eigenvalue weighted by Gasteiger charge is 2.21. The quantitative estimate of drug-likeness (QED) is 0.657. The highest BCUT2D eigenvalue weighted by molar-refractivity contribution is 7.89. The fraction of sp³-hybridized carbons (Fsp3) is 0.211. The molecule has 9 heteroatoms. The number of nitrogens with zero attached hydrogens (tertiary/aromatic N) is 2. The molecule has 0 unspecified atom stereocenters. The second-order valence-electron chi connectivity index (χ2n) is 6.57. The molecule has 0 saturated heterocycles. The summed E-state index contributed by atoms with van der Waals surface area (Å²) in [6.07, 6.45) is 0.450. The smallest absolute Gasteiger partial charge is 0.240 e. The number of amides is 1. The first-order valence-corrected chi connectivity index (χ1v) is 10.2. The summed E-state index contributed by atoms with van der Waals surface area (Å²) in [5.41, 5.74) is 3.29. The molecule has 28 heavy (non-hydrogen) atoms. The highest BCUT2D eigenvalue weighted by Crippen LogP contribution is 2.25. The SMILES string of the molecule is Cc1ccc(-c2noc(CCNS(=O)(=O)c3ccc4c(c3)CC(=O)N4)n2)cc1. The molecule has 0 aliphatic carbocycles. The third-order valence-electron chi connectivity index (χ3n) is 4.42. The lowest BCUT2D eigenvalue weighted by Crippen LogP contribution is -2.26. The lowest BCUT2D eigenvalue weighted by molar-refractivity contribution is -0.115. The van der Waals surface area contributed by atoms with Crippen molar-refractivity contribution in [1.29, 1.82) is 0 Å². The minimum absolute atomic E-state index is 0.117. The van der Waals surface area contributed by atoms with Crippen molar-refractivity contribution >= 4 is 21.6 Å². The topological polar surface area (TPSA) is 114 Å². The van der Waals surface area contributed by atoms with Crippen LogP contribution in [0.1, 0.15) is 17.0 Å². The summed E-state index contributed by atoms with van der Waals surface area (Å²) in [6, 6.07) is 12.3. The van der Waals surface area contributed by atoms with Gasteiger partial charge in [0.25, 0.3) is 0 Å². The molecule has 8 nitrogen and oxygen atoms in total. The maximum Gasteiger partial charge on any atom is 0.240 e. The number of anilines is 1. The number of rotatable bonds is 6. The number of benzene rings is 2. The van der Waals surface area contributed by atoms with Gasteiger partial charge in [0.2, 0.25) is 27.6 Å². The molecule has 2 heterocycles. The Morgan fingerprint density at radius 2 is 1.96 bits per heavy atom. The first-order chi connectivity index (χ1) is 13.4. The van der Waals surface area contributed by atoms with Gasteiger partial charge in [-0.1, -0.05) is 35.0 Å². The van der Waals surface area contributed by atoms with Gasteiger partial charge in [-0.05, 0) is 30.7 Å². The van der Waals surface area contributed by atoms with Gasteiger partial charge in [0.1, 0.15) is 0 Å². The van der Waals surface area contributed by atoms with Crippen molar-refractivity contribution in [3.63, 3.8) is 0 Å². The van der Waals surface area contributed by atoms with Crippen molar-refractivity contribution in [2.45, 2.75) is 24.7 Å². The standard InChI is InChI=1S/C19H18N4O4S/c1-12-2-4-13(5-3-12)19-22-18(27-23-19)8-9-20-28(25,26)15-6-7-16-14(10-15)11-17(24)21-16/h2-7,10,20H,8-9,11H2,1H3,(H,21,24). The zero-order valence-electron chi connectivity index (χ0n) is 15.1. The molecule has 4 rings (SSSR count). The van der Waals surface area contributed by atoms with Crippen LogP contribution in [0.3, 0.4) is 0 Å². The van der Waals surface area contributed by atoms with Gasteiger partial charge in [-0.25, -0.2) is 13.1 Å². The van der Waals surface area contributed by atoms with Gasteiger partial charge < -0.3 is 9.84 Å². The van der Waals surface area contributed by atoms with Crippen molar-refractivity contribution in [2.75, 3.05) is 11.9 Å². The lowest BCUT2D eigenvalue weighted by Gasteiger charge is -2.07. The molecule has 144 valence electrons. The molecule has 1 aromatic heterocycles. The second-order valence-corrected chi connectivity index (χ2v) is 8.34. The number of hydrogen-bond acceptors (Lipinski definition) is 6. The Hall–Kier alpha value is -3.04. The Kier molecular flexibility index (Phi) is 4.70. The molecule has 0 fully saturated rings. The van der Waals surface area contributed by atoms with Crippen molar-refractivity contribution < 1.29 is 17.7 Å². The van der Waals surface area contributed by atoms with Crippen LogP contribution in [-0.2, 0) is 27.7 Å². The van der Waals surface area contributed by atoms with Crippen molar-refractivity contribution in [2.24, 2.45) is 0 Å². The molecule has 1 amide bonds. The molecule has 0 saturated carbocycles. The first-order valence-electron chi connectivity index (χ1n) is 8.73. The molecule has 0 bridgehead atoms. The fourth-order valence-electron chi connectivity index (χ4n) is 2.92. The van der Waals surface area contributed by atoms with Gasteiger partial charge in [0, 0.05) is 24.2 Å². The van der Waals surface area contributed by atoms with Crippen LogP contribution in [0, 0.1) is 6.92 Å². The molecule has 1 aliphatic rings. The summed E-state index contributed by atoms with van der Waals surface area (Å²) in [6.45, 7) is 2.11. The third-order valence-corrected chi connectivity index (χ3v) is 5.88. The van der Waals surface area contributed by atoms with E-state index in [-0.39, 0.29) is 30.2 Å². The summed E-state index contributed by atoms with van der Waals surface area (Å²) < 4.78 is 32.7. The van der Waals surface area contributed by atoms with Crippen LogP contribution in [0.25, 0.3) is 11.4 Å². The number of aromatic nitrogens is 2. The number of carbonyl (C=O) groups is 1. The normalized spacial score (nSPS) is 13.4. The molecule has 0 radical (unpaired) electrons. The van der Waals surface area contributed by atoms with Gasteiger partial charge >= 0.3 is 0 Å². The van der Waals surface area contributed by atoms with E-state index in [0.29, 0.717) is 23.0 Å². The number of nitrogens with one attached hydrogen (secondary N) is 2. The molecule has 3 aromatic rings. The van der Waals surface area contributed by atoms with E-state index in [1.807, 2.05) is 31.2 Å². The minimum Gasteiger partial charge on any atom is -0.339 e. The number of hydrogen-bond donors (Lipinski definition) is 2. The van der Waals surface area contributed by atoms with Crippen LogP contribution in [0.5, 0.6) is 0 Å². The Morgan fingerprint density at radius 3 is 2.75 bits per heavy atom. The molecule has 2 aromatic carbocycles. The zero-order chi connectivity index (χ0) is 19.7. The minimum atomic E-state index is -3.70. The molecule has 2 N–H and O–H groups in total. The van der Waals surface area contributed by atoms with E-state index in [1.165, 1.54) is 12.1 Å². The van der Waals surface area contributed by atoms with Crippen LogP contribution < -0.4 is 10.0 Å². The number of sulfonamides is 1. The largest absolute Gasteiger partial charge is 0.339 e. The third kappa shape index (κ3) is 3.80. The Morgan fingerprint density at radius 1 is 1.18 bits per heavy atom. The summed E-state index contributed by atoms with van der Waals surface area (Å²) in [4.78, 5) is 15.8. The number of fused-ring (bicyclic) bond motifs is 1. The zero-order valence-corrected chi connectivity index (χ0v) is 15.9. The van der Waals surface area contributed by atoms with Crippen molar-refractivity contribution in [1.82, 2.24) is 14.9 Å². The van der Waals surface area contributed by atoms with E-state index in [0.717, 1.165) is 11.1 Å². The summed E-state index contributed by atoms with van der Waals surface area (Å²) in [7, 11) is -3.70. The summed E-state index contributed by atoms with van der Waals surface area (Å²) in [5, 5.41) is 6.61. The van der Waals surface area contributed by atoms with Crippen LogP contribution in [0.2, 0.25) is 0 Å². The van der Waals surface area contributed by atoms with E-state index in [2.05, 4.69) is 20.2 Å². The van der Waals surface area contributed by atoms with E-state index >= 15 is 0 Å². The predicted octanol–water partition coefficient (Wildman–Crippen LogP) is 2.06. The lowest BCUT2D eigenvalue weighted by atomic mass is 10.1. The predicted molar refractivity (Wildman–Crippen MR) is 102 cm³/mol. The molecule has 0 atom stereocenters. The van der Waals surface area contributed by atoms with Crippen molar-refractivity contribution in [3.05, 3.63) is 59.5 Å². The van der Waals surface area contributed by atoms with Crippen LogP contribution >= 0.6 is 0 Å².